The SMILES string of the molecule is CC(C)(C)C(=O)OCn1ccc2c(NC(=O)[C@H]3CC[C@H](CN)CC3)ccnc21. The number of fused-ring (bicyclic) bond motifs is 1. The number of ether oxygens (including phenoxy) is 1. The number of pyridine rings is 1. The first-order valence-electron chi connectivity index (χ1n) is 9.91. The second-order valence-corrected chi connectivity index (χ2v) is 8.63. The number of nitrogens with two attached hydrogens (primary N) is 1. The summed E-state index contributed by atoms with van der Waals surface area (Å²) in [6.45, 7) is 6.24. The van der Waals surface area contributed by atoms with Crippen LogP contribution in [-0.2, 0) is 21.1 Å². The Hall–Kier alpha value is -2.41. The van der Waals surface area contributed by atoms with E-state index in [4.69, 9.17) is 10.5 Å². The van der Waals surface area contributed by atoms with Gasteiger partial charge in [-0.05, 0) is 71.0 Å². The molecule has 0 atom stereocenters. The third-order valence-corrected chi connectivity index (χ3v) is 5.42. The third kappa shape index (κ3) is 4.52. The molecule has 0 bridgehead atoms. The lowest BCUT2D eigenvalue weighted by atomic mass is 9.81. The highest BCUT2D eigenvalue weighted by molar-refractivity contribution is 6.01. The van der Waals surface area contributed by atoms with Crippen molar-refractivity contribution in [2.75, 3.05) is 11.9 Å². The summed E-state index contributed by atoms with van der Waals surface area (Å²) in [7, 11) is 0. The van der Waals surface area contributed by atoms with Crippen molar-refractivity contribution in [2.24, 2.45) is 23.0 Å². The summed E-state index contributed by atoms with van der Waals surface area (Å²) in [5.41, 5.74) is 6.59. The third-order valence-electron chi connectivity index (χ3n) is 5.42. The molecule has 1 aliphatic rings. The van der Waals surface area contributed by atoms with Crippen LogP contribution in [0.2, 0.25) is 0 Å². The number of aromatic nitrogens is 2. The maximum absolute atomic E-state index is 12.7. The van der Waals surface area contributed by atoms with Crippen molar-refractivity contribution in [1.82, 2.24) is 9.55 Å². The van der Waals surface area contributed by atoms with Crippen molar-refractivity contribution >= 4 is 28.6 Å². The summed E-state index contributed by atoms with van der Waals surface area (Å²) in [6, 6.07) is 3.69. The molecular weight excluding hydrogens is 356 g/mol. The predicted octanol–water partition coefficient (Wildman–Crippen LogP) is 3.29. The molecule has 2 heterocycles. The van der Waals surface area contributed by atoms with Gasteiger partial charge in [-0.3, -0.25) is 14.2 Å². The molecule has 2 aromatic rings. The minimum absolute atomic E-state index is 0.0286. The molecule has 1 saturated carbocycles. The van der Waals surface area contributed by atoms with Gasteiger partial charge < -0.3 is 15.8 Å². The summed E-state index contributed by atoms with van der Waals surface area (Å²) < 4.78 is 7.15. The van der Waals surface area contributed by atoms with Crippen LogP contribution < -0.4 is 11.1 Å². The fourth-order valence-corrected chi connectivity index (χ4v) is 3.54. The van der Waals surface area contributed by atoms with Gasteiger partial charge in [-0.25, -0.2) is 4.98 Å². The number of amides is 1. The summed E-state index contributed by atoms with van der Waals surface area (Å²) in [5, 5.41) is 3.89. The zero-order valence-electron chi connectivity index (χ0n) is 16.9. The first-order valence-corrected chi connectivity index (χ1v) is 9.91. The summed E-state index contributed by atoms with van der Waals surface area (Å²) in [4.78, 5) is 29.1. The lowest BCUT2D eigenvalue weighted by Gasteiger charge is -2.26. The normalized spacial score (nSPS) is 20.1. The van der Waals surface area contributed by atoms with Crippen LogP contribution >= 0.6 is 0 Å². The highest BCUT2D eigenvalue weighted by Crippen LogP contribution is 2.30. The monoisotopic (exact) mass is 386 g/mol. The zero-order valence-corrected chi connectivity index (χ0v) is 16.9. The second-order valence-electron chi connectivity index (χ2n) is 8.63. The quantitative estimate of drug-likeness (QED) is 0.768. The van der Waals surface area contributed by atoms with E-state index in [1.165, 1.54) is 0 Å². The average Bonchev–Trinajstić information content (AvgIpc) is 3.09. The molecule has 1 fully saturated rings. The molecule has 0 spiro atoms. The van der Waals surface area contributed by atoms with Crippen molar-refractivity contribution in [2.45, 2.75) is 53.2 Å². The number of esters is 1. The van der Waals surface area contributed by atoms with Gasteiger partial charge in [-0.2, -0.15) is 0 Å². The van der Waals surface area contributed by atoms with E-state index in [-0.39, 0.29) is 24.5 Å². The largest absolute Gasteiger partial charge is 0.443 e. The molecule has 2 aromatic heterocycles. The Morgan fingerprint density at radius 2 is 1.96 bits per heavy atom. The van der Waals surface area contributed by atoms with E-state index >= 15 is 0 Å². The van der Waals surface area contributed by atoms with Crippen molar-refractivity contribution in [3.63, 3.8) is 0 Å². The fraction of sp³-hybridized carbons (Fsp3) is 0.571. The van der Waals surface area contributed by atoms with Gasteiger partial charge in [0.25, 0.3) is 0 Å². The minimum Gasteiger partial charge on any atom is -0.443 e. The van der Waals surface area contributed by atoms with Crippen molar-refractivity contribution in [3.8, 4) is 0 Å². The number of nitrogens with zero attached hydrogens (tertiary/aromatic N) is 2. The van der Waals surface area contributed by atoms with Crippen molar-refractivity contribution < 1.29 is 14.3 Å². The highest BCUT2D eigenvalue weighted by Gasteiger charge is 2.26. The molecule has 0 aliphatic heterocycles. The first-order chi connectivity index (χ1) is 13.3. The lowest BCUT2D eigenvalue weighted by molar-refractivity contribution is -0.156. The van der Waals surface area contributed by atoms with Gasteiger partial charge in [0.2, 0.25) is 5.91 Å². The highest BCUT2D eigenvalue weighted by atomic mass is 16.5. The van der Waals surface area contributed by atoms with E-state index in [0.29, 0.717) is 18.1 Å². The van der Waals surface area contributed by atoms with Gasteiger partial charge in [0.1, 0.15) is 5.65 Å². The Bertz CT molecular complexity index is 845. The van der Waals surface area contributed by atoms with Crippen LogP contribution in [0.4, 0.5) is 5.69 Å². The van der Waals surface area contributed by atoms with Crippen LogP contribution in [0.5, 0.6) is 0 Å². The van der Waals surface area contributed by atoms with Crippen molar-refractivity contribution in [3.05, 3.63) is 24.5 Å². The summed E-state index contributed by atoms with van der Waals surface area (Å²) in [5.74, 6) is 0.351. The van der Waals surface area contributed by atoms with Crippen molar-refractivity contribution in [1.29, 1.82) is 0 Å². The van der Waals surface area contributed by atoms with E-state index in [1.54, 1.807) is 16.8 Å². The van der Waals surface area contributed by atoms with Crippen LogP contribution in [0.25, 0.3) is 11.0 Å². The van der Waals surface area contributed by atoms with E-state index < -0.39 is 5.41 Å². The molecule has 3 N–H and O–H groups in total. The molecule has 28 heavy (non-hydrogen) atoms. The molecule has 0 saturated heterocycles. The van der Waals surface area contributed by atoms with Gasteiger partial charge >= 0.3 is 5.97 Å². The van der Waals surface area contributed by atoms with Gasteiger partial charge in [-0.1, -0.05) is 0 Å². The smallest absolute Gasteiger partial charge is 0.312 e. The van der Waals surface area contributed by atoms with Gasteiger partial charge in [0.15, 0.2) is 6.73 Å². The Kier molecular flexibility index (Phi) is 6.03. The summed E-state index contributed by atoms with van der Waals surface area (Å²) in [6.07, 6.45) is 7.25. The Morgan fingerprint density at radius 3 is 2.61 bits per heavy atom. The summed E-state index contributed by atoms with van der Waals surface area (Å²) >= 11 is 0. The maximum atomic E-state index is 12.7. The molecule has 1 amide bonds. The minimum atomic E-state index is -0.557. The number of carbonyl (C=O) groups is 2. The molecule has 0 aromatic carbocycles. The molecule has 7 nitrogen and oxygen atoms in total. The van der Waals surface area contributed by atoms with Gasteiger partial charge in [-0.15, -0.1) is 0 Å². The number of anilines is 1. The Morgan fingerprint density at radius 1 is 1.25 bits per heavy atom. The van der Waals surface area contributed by atoms with Crippen LogP contribution in [0.15, 0.2) is 24.5 Å². The van der Waals surface area contributed by atoms with E-state index in [1.807, 2.05) is 33.0 Å². The van der Waals surface area contributed by atoms with Crippen LogP contribution in [-0.4, -0.2) is 28.0 Å². The predicted molar refractivity (Wildman–Crippen MR) is 108 cm³/mol. The molecule has 0 radical (unpaired) electrons. The van der Waals surface area contributed by atoms with E-state index in [9.17, 15) is 9.59 Å². The Labute approximate surface area is 165 Å². The topological polar surface area (TPSA) is 99.2 Å². The van der Waals surface area contributed by atoms with E-state index in [0.717, 1.165) is 36.8 Å². The number of hydrogen-bond donors (Lipinski definition) is 2. The number of carbonyl (C=O) groups excluding carboxylic acids is 2. The maximum Gasteiger partial charge on any atom is 0.312 e. The molecular formula is C21H30N4O3. The molecule has 1 aliphatic carbocycles. The first kappa shape index (κ1) is 20.3. The average molecular weight is 386 g/mol. The number of nitrogens with one attached hydrogen (secondary N) is 1. The van der Waals surface area contributed by atoms with Gasteiger partial charge in [0, 0.05) is 23.7 Å². The molecule has 3 rings (SSSR count). The Balaban J connectivity index is 1.69. The standard InChI is InChI=1S/C21H30N4O3/c1-21(2,3)20(27)28-13-25-11-9-16-17(8-10-23-18(16)25)24-19(26)15-6-4-14(12-22)5-7-15/h8-11,14-15H,4-7,12-13,22H2,1-3H3,(H,23,24,26)/t14-,15-. The molecule has 7 heteroatoms. The molecule has 152 valence electrons. The van der Waals surface area contributed by atoms with Crippen LogP contribution in [0, 0.1) is 17.3 Å². The van der Waals surface area contributed by atoms with Gasteiger partial charge in [0.05, 0.1) is 11.1 Å². The van der Waals surface area contributed by atoms with E-state index in [2.05, 4.69) is 10.3 Å². The van der Waals surface area contributed by atoms with Crippen LogP contribution in [0.1, 0.15) is 46.5 Å². The lowest BCUT2D eigenvalue weighted by Crippen LogP contribution is -2.29. The molecule has 0 unspecified atom stereocenters. The van der Waals surface area contributed by atoms with Crippen LogP contribution in [0.3, 0.4) is 0 Å². The zero-order chi connectivity index (χ0) is 20.3. The number of hydrogen-bond acceptors (Lipinski definition) is 5. The fourth-order valence-electron chi connectivity index (χ4n) is 3.54. The number of rotatable bonds is 5. The second kappa shape index (κ2) is 8.31.